The molecule has 0 heterocycles. The Morgan fingerprint density at radius 1 is 0.926 bits per heavy atom. The molecule has 0 bridgehead atoms. The lowest BCUT2D eigenvalue weighted by Crippen LogP contribution is -2.47. The van der Waals surface area contributed by atoms with Crippen molar-refractivity contribution in [1.82, 2.24) is 0 Å². The standard InChI is InChI=1S/C24H31O2Si/c1-16(25)23-21-14-18(15-22(21)23)26-27(19-8-6-5-7-9-19)20-12-10-17(11-13-20)24(2,3)4/h5-13,16,18,21-23,25H,14-15H2,1-4H3. The Hall–Kier alpha value is -1.42. The van der Waals surface area contributed by atoms with E-state index < -0.39 is 9.04 Å². The van der Waals surface area contributed by atoms with E-state index in [2.05, 4.69) is 75.4 Å². The first kappa shape index (κ1) is 18.9. The Balaban J connectivity index is 1.53. The lowest BCUT2D eigenvalue weighted by atomic mass is 9.87. The molecule has 0 aromatic heterocycles. The Bertz CT molecular complexity index is 751. The van der Waals surface area contributed by atoms with Crippen molar-refractivity contribution < 1.29 is 9.53 Å². The zero-order chi connectivity index (χ0) is 19.2. The van der Waals surface area contributed by atoms with Gasteiger partial charge >= 0.3 is 0 Å². The molecule has 2 nitrogen and oxygen atoms in total. The minimum absolute atomic E-state index is 0.162. The fraction of sp³-hybridized carbons (Fsp3) is 0.500. The first-order valence-corrected chi connectivity index (χ1v) is 11.6. The van der Waals surface area contributed by atoms with Gasteiger partial charge in [-0.2, -0.15) is 0 Å². The molecule has 3 unspecified atom stereocenters. The molecule has 2 aliphatic rings. The molecule has 2 fully saturated rings. The van der Waals surface area contributed by atoms with Gasteiger partial charge in [-0.3, -0.25) is 0 Å². The van der Waals surface area contributed by atoms with Crippen molar-refractivity contribution in [2.45, 2.75) is 58.2 Å². The molecule has 1 N–H and O–H groups in total. The van der Waals surface area contributed by atoms with Gasteiger partial charge < -0.3 is 9.53 Å². The van der Waals surface area contributed by atoms with Gasteiger partial charge in [0.25, 0.3) is 9.04 Å². The van der Waals surface area contributed by atoms with Crippen LogP contribution in [-0.4, -0.2) is 26.4 Å². The van der Waals surface area contributed by atoms with Crippen molar-refractivity contribution in [1.29, 1.82) is 0 Å². The van der Waals surface area contributed by atoms with Crippen LogP contribution in [0.25, 0.3) is 0 Å². The minimum Gasteiger partial charge on any atom is -0.404 e. The smallest absolute Gasteiger partial charge is 0.283 e. The quantitative estimate of drug-likeness (QED) is 0.806. The molecule has 0 aliphatic heterocycles. The molecule has 0 saturated heterocycles. The summed E-state index contributed by atoms with van der Waals surface area (Å²) < 4.78 is 6.76. The molecule has 3 heteroatoms. The van der Waals surface area contributed by atoms with Crippen molar-refractivity contribution in [2.24, 2.45) is 17.8 Å². The highest BCUT2D eigenvalue weighted by molar-refractivity contribution is 6.80. The van der Waals surface area contributed by atoms with Gasteiger partial charge in [0.1, 0.15) is 0 Å². The summed E-state index contributed by atoms with van der Waals surface area (Å²) in [4.78, 5) is 0. The van der Waals surface area contributed by atoms with Gasteiger partial charge in [-0.05, 0) is 58.9 Å². The first-order chi connectivity index (χ1) is 12.8. The first-order valence-electron chi connectivity index (χ1n) is 10.2. The van der Waals surface area contributed by atoms with E-state index in [1.807, 2.05) is 6.92 Å². The second kappa shape index (κ2) is 7.19. The van der Waals surface area contributed by atoms with Gasteiger partial charge in [-0.25, -0.2) is 0 Å². The second-order valence-electron chi connectivity index (χ2n) is 9.38. The van der Waals surface area contributed by atoms with Crippen molar-refractivity contribution in [3.05, 3.63) is 60.2 Å². The number of benzene rings is 2. The average Bonchev–Trinajstić information content (AvgIpc) is 3.16. The predicted molar refractivity (Wildman–Crippen MR) is 113 cm³/mol. The second-order valence-corrected chi connectivity index (χ2v) is 11.4. The molecule has 2 aromatic carbocycles. The van der Waals surface area contributed by atoms with Gasteiger partial charge in [0, 0.05) is 6.10 Å². The highest BCUT2D eigenvalue weighted by Gasteiger charge is 2.58. The Kier molecular flexibility index (Phi) is 5.04. The van der Waals surface area contributed by atoms with Crippen molar-refractivity contribution >= 4 is 19.4 Å². The molecule has 2 aromatic rings. The van der Waals surface area contributed by atoms with Gasteiger partial charge in [0.15, 0.2) is 0 Å². The maximum atomic E-state index is 9.88. The van der Waals surface area contributed by atoms with Gasteiger partial charge in [0.2, 0.25) is 0 Å². The van der Waals surface area contributed by atoms with E-state index in [1.54, 1.807) is 0 Å². The van der Waals surface area contributed by atoms with Crippen molar-refractivity contribution in [3.63, 3.8) is 0 Å². The van der Waals surface area contributed by atoms with Crippen LogP contribution in [0, 0.1) is 17.8 Å². The van der Waals surface area contributed by atoms with Crippen LogP contribution in [0.5, 0.6) is 0 Å². The van der Waals surface area contributed by atoms with Crippen LogP contribution in [0.3, 0.4) is 0 Å². The molecule has 0 amide bonds. The predicted octanol–water partition coefficient (Wildman–Crippen LogP) is 3.51. The Morgan fingerprint density at radius 3 is 2.00 bits per heavy atom. The molecule has 2 saturated carbocycles. The van der Waals surface area contributed by atoms with Crippen LogP contribution in [-0.2, 0) is 9.84 Å². The van der Waals surface area contributed by atoms with Gasteiger partial charge in [-0.15, -0.1) is 0 Å². The van der Waals surface area contributed by atoms with Crippen LogP contribution in [0.1, 0.15) is 46.1 Å². The van der Waals surface area contributed by atoms with E-state index in [0.717, 1.165) is 12.8 Å². The Morgan fingerprint density at radius 2 is 1.48 bits per heavy atom. The number of aliphatic hydroxyl groups excluding tert-OH is 1. The molecule has 2 aliphatic carbocycles. The SMILES string of the molecule is CC(O)C1C2CC(O[Si](c3ccccc3)c3ccc(C(C)(C)C)cc3)CC21. The minimum atomic E-state index is -1.25. The summed E-state index contributed by atoms with van der Waals surface area (Å²) in [7, 11) is -1.25. The van der Waals surface area contributed by atoms with Gasteiger partial charge in [0.05, 0.1) is 6.10 Å². The third-order valence-corrected chi connectivity index (χ3v) is 8.64. The summed E-state index contributed by atoms with van der Waals surface area (Å²) >= 11 is 0. The molecule has 4 rings (SSSR count). The monoisotopic (exact) mass is 379 g/mol. The average molecular weight is 380 g/mol. The number of rotatable bonds is 5. The summed E-state index contributed by atoms with van der Waals surface area (Å²) in [5, 5.41) is 12.5. The van der Waals surface area contributed by atoms with E-state index in [-0.39, 0.29) is 11.5 Å². The highest BCUT2D eigenvalue weighted by Crippen LogP contribution is 2.59. The van der Waals surface area contributed by atoms with E-state index in [9.17, 15) is 5.11 Å². The molecule has 3 atom stereocenters. The van der Waals surface area contributed by atoms with E-state index in [4.69, 9.17) is 4.43 Å². The zero-order valence-electron chi connectivity index (χ0n) is 16.9. The largest absolute Gasteiger partial charge is 0.404 e. The molecular weight excluding hydrogens is 348 g/mol. The molecular formula is C24H31O2Si. The fourth-order valence-electron chi connectivity index (χ4n) is 4.83. The summed E-state index contributed by atoms with van der Waals surface area (Å²) in [5.41, 5.74) is 1.53. The number of hydrogen-bond acceptors (Lipinski definition) is 2. The summed E-state index contributed by atoms with van der Waals surface area (Å²) in [5.74, 6) is 1.87. The number of aliphatic hydroxyl groups is 1. The van der Waals surface area contributed by atoms with Crippen molar-refractivity contribution in [3.8, 4) is 0 Å². The molecule has 27 heavy (non-hydrogen) atoms. The van der Waals surface area contributed by atoms with E-state index in [0.29, 0.717) is 23.9 Å². The lowest BCUT2D eigenvalue weighted by Gasteiger charge is -2.24. The fourth-order valence-corrected chi connectivity index (χ4v) is 6.93. The van der Waals surface area contributed by atoms with Crippen LogP contribution in [0.2, 0.25) is 0 Å². The summed E-state index contributed by atoms with van der Waals surface area (Å²) in [6.45, 7) is 8.70. The highest BCUT2D eigenvalue weighted by atomic mass is 28.3. The number of hydrogen-bond donors (Lipinski definition) is 1. The maximum absolute atomic E-state index is 9.88. The topological polar surface area (TPSA) is 29.5 Å². The molecule has 143 valence electrons. The normalized spacial score (nSPS) is 28.2. The Labute approximate surface area is 165 Å². The molecule has 1 radical (unpaired) electrons. The third-order valence-electron chi connectivity index (χ3n) is 6.36. The van der Waals surface area contributed by atoms with Gasteiger partial charge in [-0.1, -0.05) is 75.4 Å². The summed E-state index contributed by atoms with van der Waals surface area (Å²) in [6, 6.07) is 19.8. The lowest BCUT2D eigenvalue weighted by molar-refractivity contribution is 0.129. The van der Waals surface area contributed by atoms with E-state index >= 15 is 0 Å². The molecule has 0 spiro atoms. The van der Waals surface area contributed by atoms with Crippen LogP contribution < -0.4 is 10.4 Å². The van der Waals surface area contributed by atoms with Crippen LogP contribution >= 0.6 is 0 Å². The van der Waals surface area contributed by atoms with Crippen LogP contribution in [0.4, 0.5) is 0 Å². The maximum Gasteiger partial charge on any atom is 0.283 e. The van der Waals surface area contributed by atoms with E-state index in [1.165, 1.54) is 15.9 Å². The van der Waals surface area contributed by atoms with Crippen molar-refractivity contribution in [2.75, 3.05) is 0 Å². The third kappa shape index (κ3) is 3.91. The summed E-state index contributed by atoms with van der Waals surface area (Å²) in [6.07, 6.45) is 2.40. The number of fused-ring (bicyclic) bond motifs is 1. The van der Waals surface area contributed by atoms with Crippen LogP contribution in [0.15, 0.2) is 54.6 Å². The zero-order valence-corrected chi connectivity index (χ0v) is 17.9.